The Hall–Kier alpha value is -1.79. The Morgan fingerprint density at radius 1 is 1.25 bits per heavy atom. The SMILES string of the molecule is CC1CCCCC1N(C)C(=O)N[C@@H](CC(=O)O)C(=O)O. The van der Waals surface area contributed by atoms with Crippen molar-refractivity contribution in [3.63, 3.8) is 0 Å². The third-order valence-corrected chi connectivity index (χ3v) is 3.86. The van der Waals surface area contributed by atoms with Gasteiger partial charge in [0.25, 0.3) is 0 Å². The number of carboxylic acids is 2. The van der Waals surface area contributed by atoms with Gasteiger partial charge in [0.15, 0.2) is 0 Å². The summed E-state index contributed by atoms with van der Waals surface area (Å²) in [5, 5.41) is 19.8. The smallest absolute Gasteiger partial charge is 0.326 e. The van der Waals surface area contributed by atoms with Gasteiger partial charge in [-0.2, -0.15) is 0 Å². The van der Waals surface area contributed by atoms with E-state index in [1.165, 1.54) is 4.90 Å². The van der Waals surface area contributed by atoms with Crippen LogP contribution in [0.1, 0.15) is 39.0 Å². The molecule has 1 aliphatic rings. The molecule has 0 spiro atoms. The maximum Gasteiger partial charge on any atom is 0.326 e. The number of carboxylic acid groups (broad SMARTS) is 2. The molecule has 0 bridgehead atoms. The Kier molecular flexibility index (Phi) is 5.79. The quantitative estimate of drug-likeness (QED) is 0.702. The summed E-state index contributed by atoms with van der Waals surface area (Å²) in [6.45, 7) is 2.07. The van der Waals surface area contributed by atoms with E-state index in [0.717, 1.165) is 25.7 Å². The number of carbonyl (C=O) groups is 3. The van der Waals surface area contributed by atoms with Gasteiger partial charge in [0, 0.05) is 13.1 Å². The summed E-state index contributed by atoms with van der Waals surface area (Å²) in [6.07, 6.45) is 3.49. The molecule has 0 radical (unpaired) electrons. The van der Waals surface area contributed by atoms with Crippen molar-refractivity contribution < 1.29 is 24.6 Å². The van der Waals surface area contributed by atoms with Gasteiger partial charge < -0.3 is 20.4 Å². The zero-order valence-electron chi connectivity index (χ0n) is 11.8. The molecule has 2 amide bonds. The van der Waals surface area contributed by atoms with Gasteiger partial charge in [0.1, 0.15) is 6.04 Å². The van der Waals surface area contributed by atoms with E-state index >= 15 is 0 Å². The van der Waals surface area contributed by atoms with Crippen LogP contribution in [0.3, 0.4) is 0 Å². The summed E-state index contributed by atoms with van der Waals surface area (Å²) >= 11 is 0. The highest BCUT2D eigenvalue weighted by Gasteiger charge is 2.30. The second kappa shape index (κ2) is 7.12. The highest BCUT2D eigenvalue weighted by Crippen LogP contribution is 2.27. The van der Waals surface area contributed by atoms with E-state index in [4.69, 9.17) is 10.2 Å². The monoisotopic (exact) mass is 286 g/mol. The summed E-state index contributed by atoms with van der Waals surface area (Å²) in [6, 6.07) is -1.86. The average Bonchev–Trinajstić information content (AvgIpc) is 2.37. The first kappa shape index (κ1) is 16.3. The Morgan fingerprint density at radius 2 is 1.85 bits per heavy atom. The van der Waals surface area contributed by atoms with E-state index < -0.39 is 30.4 Å². The molecule has 3 N–H and O–H groups in total. The van der Waals surface area contributed by atoms with Gasteiger partial charge in [0.05, 0.1) is 6.42 Å². The van der Waals surface area contributed by atoms with Crippen molar-refractivity contribution in [3.05, 3.63) is 0 Å². The fourth-order valence-electron chi connectivity index (χ4n) is 2.65. The van der Waals surface area contributed by atoms with Crippen LogP contribution in [0.25, 0.3) is 0 Å². The minimum atomic E-state index is -1.40. The Morgan fingerprint density at radius 3 is 2.35 bits per heavy atom. The van der Waals surface area contributed by atoms with Crippen LogP contribution in [-0.4, -0.2) is 52.2 Å². The fraction of sp³-hybridized carbons (Fsp3) is 0.769. The summed E-state index contributed by atoms with van der Waals surface area (Å²) < 4.78 is 0. The molecule has 1 fully saturated rings. The van der Waals surface area contributed by atoms with Crippen LogP contribution in [0.4, 0.5) is 4.79 Å². The molecule has 2 unspecified atom stereocenters. The Balaban J connectivity index is 2.63. The molecule has 7 heteroatoms. The van der Waals surface area contributed by atoms with Crippen molar-refractivity contribution in [1.82, 2.24) is 10.2 Å². The zero-order chi connectivity index (χ0) is 15.3. The first-order valence-electron chi connectivity index (χ1n) is 6.80. The molecule has 0 heterocycles. The van der Waals surface area contributed by atoms with E-state index in [-0.39, 0.29) is 6.04 Å². The van der Waals surface area contributed by atoms with Crippen LogP contribution in [0.2, 0.25) is 0 Å². The van der Waals surface area contributed by atoms with Crippen LogP contribution in [0.5, 0.6) is 0 Å². The molecule has 0 aromatic carbocycles. The topological polar surface area (TPSA) is 107 Å². The summed E-state index contributed by atoms with van der Waals surface area (Å²) in [4.78, 5) is 35.1. The number of hydrogen-bond donors (Lipinski definition) is 3. The van der Waals surface area contributed by atoms with Crippen LogP contribution >= 0.6 is 0 Å². The number of hydrogen-bond acceptors (Lipinski definition) is 3. The third kappa shape index (κ3) is 4.40. The number of urea groups is 1. The Bertz CT molecular complexity index is 385. The maximum absolute atomic E-state index is 12.0. The predicted molar refractivity (Wildman–Crippen MR) is 71.4 cm³/mol. The van der Waals surface area contributed by atoms with Crippen LogP contribution < -0.4 is 5.32 Å². The van der Waals surface area contributed by atoms with Gasteiger partial charge in [-0.1, -0.05) is 19.8 Å². The number of nitrogens with zero attached hydrogens (tertiary/aromatic N) is 1. The van der Waals surface area contributed by atoms with Crippen molar-refractivity contribution in [3.8, 4) is 0 Å². The van der Waals surface area contributed by atoms with Gasteiger partial charge >= 0.3 is 18.0 Å². The molecule has 0 aliphatic heterocycles. The van der Waals surface area contributed by atoms with Crippen LogP contribution in [-0.2, 0) is 9.59 Å². The largest absolute Gasteiger partial charge is 0.481 e. The molecule has 20 heavy (non-hydrogen) atoms. The highest BCUT2D eigenvalue weighted by atomic mass is 16.4. The van der Waals surface area contributed by atoms with Crippen molar-refractivity contribution in [1.29, 1.82) is 0 Å². The second-order valence-electron chi connectivity index (χ2n) is 5.38. The molecular weight excluding hydrogens is 264 g/mol. The molecule has 1 aliphatic carbocycles. The van der Waals surface area contributed by atoms with Gasteiger partial charge in [-0.25, -0.2) is 9.59 Å². The molecule has 3 atom stereocenters. The standard InChI is InChI=1S/C13H22N2O5/c1-8-5-3-4-6-10(8)15(2)13(20)14-9(12(18)19)7-11(16)17/h8-10H,3-7H2,1-2H3,(H,14,20)(H,16,17)(H,18,19)/t8?,9-,10?/m0/s1. The fourth-order valence-corrected chi connectivity index (χ4v) is 2.65. The summed E-state index contributed by atoms with van der Waals surface area (Å²) in [5.41, 5.74) is 0. The number of nitrogens with one attached hydrogen (secondary N) is 1. The van der Waals surface area contributed by atoms with E-state index in [2.05, 4.69) is 12.2 Å². The lowest BCUT2D eigenvalue weighted by atomic mass is 9.85. The predicted octanol–water partition coefficient (Wildman–Crippen LogP) is 1.13. The van der Waals surface area contributed by atoms with E-state index in [1.54, 1.807) is 7.05 Å². The third-order valence-electron chi connectivity index (χ3n) is 3.86. The molecule has 0 aromatic heterocycles. The average molecular weight is 286 g/mol. The van der Waals surface area contributed by atoms with Gasteiger partial charge in [-0.05, 0) is 18.8 Å². The number of aliphatic carboxylic acids is 2. The van der Waals surface area contributed by atoms with Gasteiger partial charge in [-0.15, -0.1) is 0 Å². The lowest BCUT2D eigenvalue weighted by Gasteiger charge is -2.36. The lowest BCUT2D eigenvalue weighted by Crippen LogP contribution is -2.52. The van der Waals surface area contributed by atoms with Crippen LogP contribution in [0.15, 0.2) is 0 Å². The highest BCUT2D eigenvalue weighted by molar-refractivity contribution is 5.86. The number of rotatable bonds is 5. The lowest BCUT2D eigenvalue weighted by molar-refractivity contribution is -0.145. The van der Waals surface area contributed by atoms with Gasteiger partial charge in [0.2, 0.25) is 0 Å². The minimum absolute atomic E-state index is 0.0722. The maximum atomic E-state index is 12.0. The van der Waals surface area contributed by atoms with Gasteiger partial charge in [-0.3, -0.25) is 4.79 Å². The van der Waals surface area contributed by atoms with Crippen LogP contribution in [0, 0.1) is 5.92 Å². The molecule has 0 aromatic rings. The molecule has 7 nitrogen and oxygen atoms in total. The van der Waals surface area contributed by atoms with Crippen molar-refractivity contribution >= 4 is 18.0 Å². The van der Waals surface area contributed by atoms with Crippen molar-refractivity contribution in [2.45, 2.75) is 51.1 Å². The van der Waals surface area contributed by atoms with Crippen molar-refractivity contribution in [2.24, 2.45) is 5.92 Å². The van der Waals surface area contributed by atoms with E-state index in [0.29, 0.717) is 5.92 Å². The minimum Gasteiger partial charge on any atom is -0.481 e. The number of amides is 2. The molecular formula is C13H22N2O5. The molecule has 114 valence electrons. The van der Waals surface area contributed by atoms with Crippen molar-refractivity contribution in [2.75, 3.05) is 7.05 Å². The number of carbonyl (C=O) groups excluding carboxylic acids is 1. The second-order valence-corrected chi connectivity index (χ2v) is 5.38. The van der Waals surface area contributed by atoms with E-state index in [1.807, 2.05) is 0 Å². The van der Waals surface area contributed by atoms with E-state index in [9.17, 15) is 14.4 Å². The zero-order valence-corrected chi connectivity index (χ0v) is 11.8. The molecule has 0 saturated heterocycles. The first-order valence-corrected chi connectivity index (χ1v) is 6.80. The molecule has 1 rings (SSSR count). The normalized spacial score (nSPS) is 23.7. The first-order chi connectivity index (χ1) is 9.32. The molecule has 1 saturated carbocycles. The Labute approximate surface area is 117 Å². The summed E-state index contributed by atoms with van der Waals surface area (Å²) in [7, 11) is 1.63. The summed E-state index contributed by atoms with van der Waals surface area (Å²) in [5.74, 6) is -2.24.